The summed E-state index contributed by atoms with van der Waals surface area (Å²) >= 11 is 6.09. The van der Waals surface area contributed by atoms with Crippen molar-refractivity contribution in [1.29, 1.82) is 0 Å². The molecule has 1 saturated heterocycles. The maximum atomic E-state index is 12.8. The fraction of sp³-hybridized carbons (Fsp3) is 0.278. The van der Waals surface area contributed by atoms with Crippen LogP contribution in [0.5, 0.6) is 5.75 Å². The number of piperidine rings is 1. The summed E-state index contributed by atoms with van der Waals surface area (Å²) in [5.74, 6) is 0.213. The number of carbonyl (C=O) groups excluding carboxylic acids is 1. The van der Waals surface area contributed by atoms with Crippen LogP contribution in [0.4, 0.5) is 11.4 Å². The lowest BCUT2D eigenvalue weighted by Crippen LogP contribution is -2.35. The highest BCUT2D eigenvalue weighted by Gasteiger charge is 2.21. The maximum absolute atomic E-state index is 12.8. The molecule has 4 nitrogen and oxygen atoms in total. The SMILES string of the molecule is O=C(c1cc(Cl)ccc1Nc1ccc(O)cc1)N1CCCCC1. The Labute approximate surface area is 140 Å². The molecule has 3 rings (SSSR count). The molecule has 2 N–H and O–H groups in total. The van der Waals surface area contributed by atoms with Crippen LogP contribution in [0.1, 0.15) is 29.6 Å². The van der Waals surface area contributed by atoms with E-state index in [0.29, 0.717) is 10.6 Å². The van der Waals surface area contributed by atoms with Crippen LogP contribution in [0.2, 0.25) is 5.02 Å². The molecule has 0 bridgehead atoms. The Bertz CT molecular complexity index is 695. The van der Waals surface area contributed by atoms with E-state index in [1.54, 1.807) is 36.4 Å². The third-order valence-electron chi connectivity index (χ3n) is 4.00. The summed E-state index contributed by atoms with van der Waals surface area (Å²) in [6.07, 6.45) is 3.28. The molecule has 0 unspecified atom stereocenters. The van der Waals surface area contributed by atoms with Gasteiger partial charge in [-0.2, -0.15) is 0 Å². The highest BCUT2D eigenvalue weighted by Crippen LogP contribution is 2.27. The van der Waals surface area contributed by atoms with Gasteiger partial charge in [-0.25, -0.2) is 0 Å². The predicted octanol–water partition coefficient (Wildman–Crippen LogP) is 4.42. The quantitative estimate of drug-likeness (QED) is 0.819. The van der Waals surface area contributed by atoms with Crippen LogP contribution in [0.15, 0.2) is 42.5 Å². The lowest BCUT2D eigenvalue weighted by Gasteiger charge is -2.27. The van der Waals surface area contributed by atoms with Gasteiger partial charge in [-0.1, -0.05) is 11.6 Å². The van der Waals surface area contributed by atoms with Crippen molar-refractivity contribution in [2.24, 2.45) is 0 Å². The standard InChI is InChI=1S/C18H19ClN2O2/c19-13-4-9-17(20-14-5-7-15(22)8-6-14)16(12-13)18(23)21-10-2-1-3-11-21/h4-9,12,20,22H,1-3,10-11H2. The van der Waals surface area contributed by atoms with Gasteiger partial charge >= 0.3 is 0 Å². The Hall–Kier alpha value is -2.20. The zero-order valence-corrected chi connectivity index (χ0v) is 13.5. The van der Waals surface area contributed by atoms with Gasteiger partial charge in [0.2, 0.25) is 0 Å². The number of aromatic hydroxyl groups is 1. The first kappa shape index (κ1) is 15.7. The maximum Gasteiger partial charge on any atom is 0.256 e. The molecular weight excluding hydrogens is 312 g/mol. The zero-order chi connectivity index (χ0) is 16.2. The Kier molecular flexibility index (Phi) is 4.72. The number of anilines is 2. The number of phenolic OH excluding ortho intramolecular Hbond substituents is 1. The molecule has 0 spiro atoms. The molecule has 1 fully saturated rings. The van der Waals surface area contributed by atoms with Gasteiger partial charge in [-0.15, -0.1) is 0 Å². The van der Waals surface area contributed by atoms with E-state index in [1.165, 1.54) is 6.42 Å². The minimum atomic E-state index is 0.00785. The lowest BCUT2D eigenvalue weighted by molar-refractivity contribution is 0.0725. The number of carbonyl (C=O) groups is 1. The monoisotopic (exact) mass is 330 g/mol. The first-order valence-electron chi connectivity index (χ1n) is 7.78. The Morgan fingerprint density at radius 3 is 2.43 bits per heavy atom. The molecular formula is C18H19ClN2O2. The largest absolute Gasteiger partial charge is 0.508 e. The second-order valence-electron chi connectivity index (χ2n) is 5.71. The van der Waals surface area contributed by atoms with Crippen molar-refractivity contribution in [2.45, 2.75) is 19.3 Å². The van der Waals surface area contributed by atoms with Crippen molar-refractivity contribution in [2.75, 3.05) is 18.4 Å². The Morgan fingerprint density at radius 1 is 1.04 bits per heavy atom. The zero-order valence-electron chi connectivity index (χ0n) is 12.8. The highest BCUT2D eigenvalue weighted by atomic mass is 35.5. The molecule has 0 saturated carbocycles. The summed E-state index contributed by atoms with van der Waals surface area (Å²) < 4.78 is 0. The van der Waals surface area contributed by atoms with Crippen LogP contribution < -0.4 is 5.32 Å². The molecule has 2 aromatic rings. The van der Waals surface area contributed by atoms with Gasteiger partial charge in [-0.3, -0.25) is 4.79 Å². The third-order valence-corrected chi connectivity index (χ3v) is 4.24. The average Bonchev–Trinajstić information content (AvgIpc) is 2.58. The van der Waals surface area contributed by atoms with E-state index >= 15 is 0 Å². The summed E-state index contributed by atoms with van der Waals surface area (Å²) in [6, 6.07) is 12.0. The second-order valence-corrected chi connectivity index (χ2v) is 6.15. The molecule has 1 heterocycles. The molecule has 23 heavy (non-hydrogen) atoms. The molecule has 2 aromatic carbocycles. The number of rotatable bonds is 3. The molecule has 0 aliphatic carbocycles. The van der Waals surface area contributed by atoms with E-state index in [2.05, 4.69) is 5.32 Å². The number of likely N-dealkylation sites (tertiary alicyclic amines) is 1. The first-order chi connectivity index (χ1) is 11.1. The van der Waals surface area contributed by atoms with Crippen LogP contribution in [-0.4, -0.2) is 29.0 Å². The summed E-state index contributed by atoms with van der Waals surface area (Å²) in [5.41, 5.74) is 2.10. The van der Waals surface area contributed by atoms with Crippen molar-refractivity contribution in [3.8, 4) is 5.75 Å². The van der Waals surface area contributed by atoms with Crippen molar-refractivity contribution < 1.29 is 9.90 Å². The minimum absolute atomic E-state index is 0.00785. The average molecular weight is 331 g/mol. The number of nitrogens with one attached hydrogen (secondary N) is 1. The van der Waals surface area contributed by atoms with E-state index in [1.807, 2.05) is 11.0 Å². The lowest BCUT2D eigenvalue weighted by atomic mass is 10.1. The van der Waals surface area contributed by atoms with E-state index in [9.17, 15) is 9.90 Å². The number of halogens is 1. The number of phenols is 1. The first-order valence-corrected chi connectivity index (χ1v) is 8.16. The van der Waals surface area contributed by atoms with E-state index < -0.39 is 0 Å². The molecule has 1 aliphatic rings. The number of hydrogen-bond donors (Lipinski definition) is 2. The smallest absolute Gasteiger partial charge is 0.256 e. The van der Waals surface area contributed by atoms with Gasteiger partial charge in [0.25, 0.3) is 5.91 Å². The van der Waals surface area contributed by atoms with Crippen molar-refractivity contribution in [3.05, 3.63) is 53.1 Å². The fourth-order valence-corrected chi connectivity index (χ4v) is 2.94. The van der Waals surface area contributed by atoms with Crippen LogP contribution in [-0.2, 0) is 0 Å². The van der Waals surface area contributed by atoms with Gasteiger partial charge in [0.15, 0.2) is 0 Å². The summed E-state index contributed by atoms with van der Waals surface area (Å²) in [5, 5.41) is 13.1. The van der Waals surface area contributed by atoms with Crippen LogP contribution in [0.25, 0.3) is 0 Å². The predicted molar refractivity (Wildman–Crippen MR) is 92.6 cm³/mol. The second kappa shape index (κ2) is 6.92. The molecule has 1 aliphatic heterocycles. The highest BCUT2D eigenvalue weighted by molar-refractivity contribution is 6.31. The molecule has 1 amide bonds. The molecule has 5 heteroatoms. The van der Waals surface area contributed by atoms with Crippen molar-refractivity contribution in [3.63, 3.8) is 0 Å². The van der Waals surface area contributed by atoms with Gasteiger partial charge in [0.1, 0.15) is 5.75 Å². The summed E-state index contributed by atoms with van der Waals surface area (Å²) in [6.45, 7) is 1.59. The fourth-order valence-electron chi connectivity index (χ4n) is 2.77. The Morgan fingerprint density at radius 2 is 1.74 bits per heavy atom. The molecule has 120 valence electrons. The number of nitrogens with zero attached hydrogens (tertiary/aromatic N) is 1. The number of amides is 1. The van der Waals surface area contributed by atoms with Crippen LogP contribution >= 0.6 is 11.6 Å². The summed E-state index contributed by atoms with van der Waals surface area (Å²) in [7, 11) is 0. The third kappa shape index (κ3) is 3.77. The van der Waals surface area contributed by atoms with Crippen LogP contribution in [0, 0.1) is 0 Å². The van der Waals surface area contributed by atoms with E-state index in [4.69, 9.17) is 11.6 Å². The van der Waals surface area contributed by atoms with Crippen molar-refractivity contribution in [1.82, 2.24) is 4.90 Å². The van der Waals surface area contributed by atoms with Gasteiger partial charge < -0.3 is 15.3 Å². The molecule has 0 radical (unpaired) electrons. The summed E-state index contributed by atoms with van der Waals surface area (Å²) in [4.78, 5) is 14.7. The Balaban J connectivity index is 1.87. The normalized spacial score (nSPS) is 14.6. The van der Waals surface area contributed by atoms with Gasteiger partial charge in [0, 0.05) is 23.8 Å². The minimum Gasteiger partial charge on any atom is -0.508 e. The van der Waals surface area contributed by atoms with Gasteiger partial charge in [-0.05, 0) is 61.7 Å². The number of benzene rings is 2. The van der Waals surface area contributed by atoms with Gasteiger partial charge in [0.05, 0.1) is 11.3 Å². The van der Waals surface area contributed by atoms with Crippen LogP contribution in [0.3, 0.4) is 0 Å². The van der Waals surface area contributed by atoms with E-state index in [-0.39, 0.29) is 11.7 Å². The van der Waals surface area contributed by atoms with E-state index in [0.717, 1.165) is 37.3 Å². The number of hydrogen-bond acceptors (Lipinski definition) is 3. The molecule has 0 aromatic heterocycles. The topological polar surface area (TPSA) is 52.6 Å². The molecule has 0 atom stereocenters. The van der Waals surface area contributed by atoms with Crippen molar-refractivity contribution >= 4 is 28.9 Å².